The highest BCUT2D eigenvalue weighted by molar-refractivity contribution is 6.34. The zero-order valence-corrected chi connectivity index (χ0v) is 15.6. The van der Waals surface area contributed by atoms with Crippen LogP contribution in [0.2, 0.25) is 5.15 Å². The van der Waals surface area contributed by atoms with Crippen molar-refractivity contribution in [2.45, 2.75) is 20.3 Å². The van der Waals surface area contributed by atoms with Crippen LogP contribution in [0.15, 0.2) is 24.5 Å². The van der Waals surface area contributed by atoms with E-state index in [4.69, 9.17) is 16.3 Å². The molecule has 2 heterocycles. The van der Waals surface area contributed by atoms with E-state index in [-0.39, 0.29) is 0 Å². The van der Waals surface area contributed by atoms with E-state index in [2.05, 4.69) is 26.8 Å². The van der Waals surface area contributed by atoms with Gasteiger partial charge in [0.15, 0.2) is 0 Å². The molecule has 5 nitrogen and oxygen atoms in total. The Kier molecular flexibility index (Phi) is 7.69. The van der Waals surface area contributed by atoms with Crippen molar-refractivity contribution in [1.29, 1.82) is 0 Å². The zero-order valence-electron chi connectivity index (χ0n) is 14.8. The average molecular weight is 351 g/mol. The molecule has 0 saturated carbocycles. The minimum absolute atomic E-state index is 0.478. The van der Waals surface area contributed by atoms with Gasteiger partial charge in [-0.05, 0) is 25.6 Å². The van der Waals surface area contributed by atoms with Gasteiger partial charge in [0, 0.05) is 44.2 Å². The summed E-state index contributed by atoms with van der Waals surface area (Å²) in [5.41, 5.74) is 0.816. The van der Waals surface area contributed by atoms with Crippen molar-refractivity contribution in [3.8, 4) is 5.75 Å². The van der Waals surface area contributed by atoms with Gasteiger partial charge in [-0.1, -0.05) is 25.4 Å². The Balaban J connectivity index is 0.00000100. The standard InChI is InChI=1S/C16H21ClN4O.C2H6/c1-20-6-8-21(9-7-20)5-2-10-22-13-3-4-14-15(11-13)18-12-19-16(14)17;1-2/h3-4,11-12H,2,5-10H2,1H3;1-2H3. The van der Waals surface area contributed by atoms with Crippen LogP contribution in [-0.4, -0.2) is 66.1 Å². The van der Waals surface area contributed by atoms with Crippen molar-refractivity contribution in [3.63, 3.8) is 0 Å². The quantitative estimate of drug-likeness (QED) is 0.611. The van der Waals surface area contributed by atoms with Crippen LogP contribution in [0.3, 0.4) is 0 Å². The fourth-order valence-electron chi connectivity index (χ4n) is 2.64. The van der Waals surface area contributed by atoms with Gasteiger partial charge in [0.2, 0.25) is 0 Å². The third-order valence-corrected chi connectivity index (χ3v) is 4.34. The fraction of sp³-hybridized carbons (Fsp3) is 0.556. The molecule has 1 aromatic heterocycles. The van der Waals surface area contributed by atoms with Gasteiger partial charge >= 0.3 is 0 Å². The summed E-state index contributed by atoms with van der Waals surface area (Å²) in [6, 6.07) is 5.75. The van der Waals surface area contributed by atoms with E-state index in [9.17, 15) is 0 Å². The molecule has 1 fully saturated rings. The Morgan fingerprint density at radius 3 is 2.62 bits per heavy atom. The molecule has 0 atom stereocenters. The van der Waals surface area contributed by atoms with Gasteiger partial charge in [0.05, 0.1) is 12.1 Å². The minimum atomic E-state index is 0.478. The number of hydrogen-bond donors (Lipinski definition) is 0. The second kappa shape index (κ2) is 9.77. The first-order chi connectivity index (χ1) is 11.7. The molecule has 0 radical (unpaired) electrons. The summed E-state index contributed by atoms with van der Waals surface area (Å²) in [5.74, 6) is 0.834. The van der Waals surface area contributed by atoms with E-state index in [0.29, 0.717) is 5.15 Å². The number of aromatic nitrogens is 2. The molecule has 1 aromatic carbocycles. The molecule has 132 valence electrons. The van der Waals surface area contributed by atoms with Gasteiger partial charge < -0.3 is 14.5 Å². The number of benzene rings is 1. The van der Waals surface area contributed by atoms with Gasteiger partial charge in [-0.15, -0.1) is 0 Å². The maximum Gasteiger partial charge on any atom is 0.140 e. The van der Waals surface area contributed by atoms with Gasteiger partial charge in [-0.25, -0.2) is 9.97 Å². The maximum atomic E-state index is 6.03. The smallest absolute Gasteiger partial charge is 0.140 e. The lowest BCUT2D eigenvalue weighted by Gasteiger charge is -2.32. The van der Waals surface area contributed by atoms with E-state index in [1.54, 1.807) is 0 Å². The van der Waals surface area contributed by atoms with Crippen molar-refractivity contribution in [2.75, 3.05) is 46.4 Å². The zero-order chi connectivity index (χ0) is 17.4. The molecule has 3 rings (SSSR count). The van der Waals surface area contributed by atoms with Crippen LogP contribution < -0.4 is 4.74 Å². The van der Waals surface area contributed by atoms with E-state index in [0.717, 1.165) is 62.4 Å². The van der Waals surface area contributed by atoms with Gasteiger partial charge in [-0.2, -0.15) is 0 Å². The monoisotopic (exact) mass is 350 g/mol. The summed E-state index contributed by atoms with van der Waals surface area (Å²) in [4.78, 5) is 13.1. The molecule has 1 aliphatic heterocycles. The highest BCUT2D eigenvalue weighted by Crippen LogP contribution is 2.23. The van der Waals surface area contributed by atoms with Crippen molar-refractivity contribution >= 4 is 22.5 Å². The molecule has 1 saturated heterocycles. The summed E-state index contributed by atoms with van der Waals surface area (Å²) in [6.07, 6.45) is 2.51. The number of ether oxygens (including phenoxy) is 1. The number of halogens is 1. The lowest BCUT2D eigenvalue weighted by Crippen LogP contribution is -2.44. The molecule has 0 N–H and O–H groups in total. The molecule has 2 aromatic rings. The predicted molar refractivity (Wildman–Crippen MR) is 99.9 cm³/mol. The Hall–Kier alpha value is -1.43. The van der Waals surface area contributed by atoms with Crippen molar-refractivity contribution in [3.05, 3.63) is 29.7 Å². The Bertz CT molecular complexity index is 629. The SMILES string of the molecule is CC.CN1CCN(CCCOc2ccc3c(Cl)ncnc3c2)CC1. The molecule has 0 unspecified atom stereocenters. The van der Waals surface area contributed by atoms with Gasteiger partial charge in [0.1, 0.15) is 17.2 Å². The first kappa shape index (κ1) is 18.9. The molecule has 0 bridgehead atoms. The third-order valence-electron chi connectivity index (χ3n) is 4.04. The largest absolute Gasteiger partial charge is 0.493 e. The fourth-order valence-corrected chi connectivity index (χ4v) is 2.85. The maximum absolute atomic E-state index is 6.03. The number of hydrogen-bond acceptors (Lipinski definition) is 5. The highest BCUT2D eigenvalue weighted by Gasteiger charge is 2.12. The lowest BCUT2D eigenvalue weighted by molar-refractivity contribution is 0.145. The van der Waals surface area contributed by atoms with Crippen LogP contribution in [0.5, 0.6) is 5.75 Å². The number of piperazine rings is 1. The third kappa shape index (κ3) is 5.30. The highest BCUT2D eigenvalue weighted by atomic mass is 35.5. The van der Waals surface area contributed by atoms with Crippen molar-refractivity contribution < 1.29 is 4.74 Å². The second-order valence-electron chi connectivity index (χ2n) is 5.69. The van der Waals surface area contributed by atoms with E-state index < -0.39 is 0 Å². The summed E-state index contributed by atoms with van der Waals surface area (Å²) >= 11 is 6.03. The van der Waals surface area contributed by atoms with E-state index in [1.807, 2.05) is 32.0 Å². The first-order valence-electron chi connectivity index (χ1n) is 8.66. The summed E-state index contributed by atoms with van der Waals surface area (Å²) in [6.45, 7) is 10.4. The molecule has 24 heavy (non-hydrogen) atoms. The normalized spacial score (nSPS) is 15.8. The Morgan fingerprint density at radius 1 is 1.12 bits per heavy atom. The molecule has 0 spiro atoms. The lowest BCUT2D eigenvalue weighted by atomic mass is 10.2. The number of fused-ring (bicyclic) bond motifs is 1. The number of rotatable bonds is 5. The number of nitrogens with zero attached hydrogens (tertiary/aromatic N) is 4. The van der Waals surface area contributed by atoms with Gasteiger partial charge in [0.25, 0.3) is 0 Å². The number of likely N-dealkylation sites (N-methyl/N-ethyl adjacent to an activating group) is 1. The van der Waals surface area contributed by atoms with Crippen LogP contribution in [0.4, 0.5) is 0 Å². The molecule has 6 heteroatoms. The summed E-state index contributed by atoms with van der Waals surface area (Å²) in [7, 11) is 2.18. The second-order valence-corrected chi connectivity index (χ2v) is 6.05. The van der Waals surface area contributed by atoms with Crippen LogP contribution >= 0.6 is 11.6 Å². The van der Waals surface area contributed by atoms with Crippen LogP contribution in [-0.2, 0) is 0 Å². The average Bonchev–Trinajstić information content (AvgIpc) is 2.62. The van der Waals surface area contributed by atoms with Crippen molar-refractivity contribution in [1.82, 2.24) is 19.8 Å². The van der Waals surface area contributed by atoms with Gasteiger partial charge in [-0.3, -0.25) is 0 Å². The van der Waals surface area contributed by atoms with Crippen LogP contribution in [0.25, 0.3) is 10.9 Å². The van der Waals surface area contributed by atoms with Crippen LogP contribution in [0, 0.1) is 0 Å². The molecular formula is C18H27ClN4O. The topological polar surface area (TPSA) is 41.5 Å². The summed E-state index contributed by atoms with van der Waals surface area (Å²) in [5, 5.41) is 1.33. The Morgan fingerprint density at radius 2 is 1.88 bits per heavy atom. The predicted octanol–water partition coefficient (Wildman–Crippen LogP) is 3.33. The van der Waals surface area contributed by atoms with Crippen molar-refractivity contribution in [2.24, 2.45) is 0 Å². The van der Waals surface area contributed by atoms with E-state index in [1.165, 1.54) is 6.33 Å². The molecular weight excluding hydrogens is 324 g/mol. The molecule has 0 aliphatic carbocycles. The van der Waals surface area contributed by atoms with E-state index >= 15 is 0 Å². The summed E-state index contributed by atoms with van der Waals surface area (Å²) < 4.78 is 5.83. The Labute approximate surface area is 149 Å². The minimum Gasteiger partial charge on any atom is -0.493 e. The molecule has 1 aliphatic rings. The van der Waals surface area contributed by atoms with Crippen LogP contribution in [0.1, 0.15) is 20.3 Å². The molecule has 0 amide bonds. The first-order valence-corrected chi connectivity index (χ1v) is 9.04.